The van der Waals surface area contributed by atoms with E-state index in [-0.39, 0.29) is 12.0 Å². The highest BCUT2D eigenvalue weighted by Crippen LogP contribution is 2.33. The van der Waals surface area contributed by atoms with E-state index in [4.69, 9.17) is 14.5 Å². The van der Waals surface area contributed by atoms with Crippen molar-refractivity contribution in [3.05, 3.63) is 36.2 Å². The van der Waals surface area contributed by atoms with Gasteiger partial charge in [-0.15, -0.1) is 0 Å². The molecule has 3 rings (SSSR count). The summed E-state index contributed by atoms with van der Waals surface area (Å²) < 4.78 is 11.5. The Morgan fingerprint density at radius 1 is 1.31 bits per heavy atom. The average molecular weight is 399 g/mol. The first kappa shape index (κ1) is 21.0. The van der Waals surface area contributed by atoms with Crippen molar-refractivity contribution in [1.29, 1.82) is 0 Å². The van der Waals surface area contributed by atoms with Gasteiger partial charge in [0.05, 0.1) is 26.0 Å². The van der Waals surface area contributed by atoms with Crippen molar-refractivity contribution in [3.8, 4) is 16.9 Å². The topological polar surface area (TPSA) is 67.8 Å². The van der Waals surface area contributed by atoms with Crippen LogP contribution in [0.25, 0.3) is 11.1 Å². The van der Waals surface area contributed by atoms with Crippen molar-refractivity contribution >= 4 is 11.9 Å². The van der Waals surface area contributed by atoms with E-state index in [2.05, 4.69) is 4.98 Å². The fourth-order valence-electron chi connectivity index (χ4n) is 3.33. The van der Waals surface area contributed by atoms with Gasteiger partial charge < -0.3 is 19.3 Å². The molecule has 0 unspecified atom stereocenters. The summed E-state index contributed by atoms with van der Waals surface area (Å²) in [7, 11) is 5.45. The van der Waals surface area contributed by atoms with Crippen molar-refractivity contribution in [2.24, 2.45) is 5.41 Å². The van der Waals surface area contributed by atoms with Crippen LogP contribution in [0.5, 0.6) is 5.75 Å². The number of carbonyl (C=O) groups excluding carboxylic acids is 1. The summed E-state index contributed by atoms with van der Waals surface area (Å²) in [6, 6.07) is 7.80. The van der Waals surface area contributed by atoms with Gasteiger partial charge in [-0.2, -0.15) is 0 Å². The van der Waals surface area contributed by atoms with Gasteiger partial charge >= 0.3 is 0 Å². The Labute approximate surface area is 172 Å². The number of amides is 1. The van der Waals surface area contributed by atoms with Crippen LogP contribution in [0.1, 0.15) is 32.6 Å². The maximum absolute atomic E-state index is 12.8. The van der Waals surface area contributed by atoms with Crippen molar-refractivity contribution in [1.82, 2.24) is 14.9 Å². The Balaban J connectivity index is 2.01. The molecule has 0 aliphatic carbocycles. The molecule has 0 radical (unpaired) electrons. The Kier molecular flexibility index (Phi) is 6.07. The molecule has 0 N–H and O–H groups in total. The molecule has 0 bridgehead atoms. The molecular formula is C22H30N4O3. The maximum Gasteiger partial charge on any atom is 0.228 e. The van der Waals surface area contributed by atoms with Crippen LogP contribution in [0.4, 0.5) is 5.95 Å². The van der Waals surface area contributed by atoms with E-state index in [1.165, 1.54) is 0 Å². The molecule has 1 aliphatic rings. The predicted molar refractivity (Wildman–Crippen MR) is 113 cm³/mol. The molecule has 1 saturated heterocycles. The maximum atomic E-state index is 12.8. The number of hydrogen-bond donors (Lipinski definition) is 0. The van der Waals surface area contributed by atoms with Crippen LogP contribution in [0.2, 0.25) is 0 Å². The van der Waals surface area contributed by atoms with Crippen LogP contribution >= 0.6 is 0 Å². The molecule has 1 aromatic carbocycles. The molecule has 1 aromatic heterocycles. The zero-order chi connectivity index (χ0) is 21.2. The number of rotatable bonds is 4. The minimum atomic E-state index is -0.433. The van der Waals surface area contributed by atoms with E-state index in [9.17, 15) is 4.79 Å². The lowest BCUT2D eigenvalue weighted by Gasteiger charge is -2.36. The molecule has 2 aromatic rings. The van der Waals surface area contributed by atoms with E-state index in [0.29, 0.717) is 25.6 Å². The summed E-state index contributed by atoms with van der Waals surface area (Å²) in [5.74, 6) is 1.49. The van der Waals surface area contributed by atoms with Crippen molar-refractivity contribution in [3.63, 3.8) is 0 Å². The lowest BCUT2D eigenvalue weighted by atomic mass is 9.94. The van der Waals surface area contributed by atoms with E-state index < -0.39 is 5.41 Å². The molecular weight excluding hydrogens is 368 g/mol. The molecule has 1 aliphatic heterocycles. The normalized spacial score (nSPS) is 17.2. The third-order valence-corrected chi connectivity index (χ3v) is 4.89. The molecule has 29 heavy (non-hydrogen) atoms. The lowest BCUT2D eigenvalue weighted by molar-refractivity contribution is -0.147. The van der Waals surface area contributed by atoms with Crippen molar-refractivity contribution in [2.45, 2.75) is 26.9 Å². The quantitative estimate of drug-likeness (QED) is 0.788. The smallest absolute Gasteiger partial charge is 0.228 e. The second kappa shape index (κ2) is 8.37. The van der Waals surface area contributed by atoms with Crippen LogP contribution in [0.15, 0.2) is 30.5 Å². The third kappa shape index (κ3) is 4.67. The highest BCUT2D eigenvalue weighted by molar-refractivity contribution is 5.81. The van der Waals surface area contributed by atoms with Gasteiger partial charge in [-0.1, -0.05) is 32.9 Å². The average Bonchev–Trinajstić information content (AvgIpc) is 2.72. The van der Waals surface area contributed by atoms with E-state index in [1.807, 2.05) is 75.1 Å². The summed E-state index contributed by atoms with van der Waals surface area (Å²) >= 11 is 0. The highest BCUT2D eigenvalue weighted by Gasteiger charge is 2.33. The molecule has 0 spiro atoms. The largest absolute Gasteiger partial charge is 0.497 e. The van der Waals surface area contributed by atoms with Gasteiger partial charge in [0, 0.05) is 37.8 Å². The molecule has 2 heterocycles. The molecule has 7 nitrogen and oxygen atoms in total. The lowest BCUT2D eigenvalue weighted by Crippen LogP contribution is -2.47. The summed E-state index contributed by atoms with van der Waals surface area (Å²) in [4.78, 5) is 25.9. The SMILES string of the molecule is COc1cccc(-c2cnc(N(C)C)nc2[C@@H]2CN(C(=O)C(C)(C)C)CCO2)c1. The second-order valence-electron chi connectivity index (χ2n) is 8.46. The minimum Gasteiger partial charge on any atom is -0.497 e. The number of nitrogens with zero attached hydrogens (tertiary/aromatic N) is 4. The molecule has 156 valence electrons. The van der Waals surface area contributed by atoms with Crippen molar-refractivity contribution in [2.75, 3.05) is 45.8 Å². The van der Waals surface area contributed by atoms with Gasteiger partial charge in [0.1, 0.15) is 11.9 Å². The van der Waals surface area contributed by atoms with E-state index in [0.717, 1.165) is 22.6 Å². The standard InChI is InChI=1S/C22H30N4O3/c1-22(2,3)20(27)26-10-11-29-18(14-26)19-17(13-23-21(24-19)25(4)5)15-8-7-9-16(12-15)28-6/h7-9,12-13,18H,10-11,14H2,1-6H3/t18-/m0/s1. The zero-order valence-electron chi connectivity index (χ0n) is 18.1. The Bertz CT molecular complexity index is 877. The zero-order valence-corrected chi connectivity index (χ0v) is 18.1. The van der Waals surface area contributed by atoms with Crippen molar-refractivity contribution < 1.29 is 14.3 Å². The van der Waals surface area contributed by atoms with E-state index in [1.54, 1.807) is 7.11 Å². The fourth-order valence-corrected chi connectivity index (χ4v) is 3.33. The summed E-state index contributed by atoms with van der Waals surface area (Å²) in [5.41, 5.74) is 2.18. The summed E-state index contributed by atoms with van der Waals surface area (Å²) in [5, 5.41) is 0. The first-order chi connectivity index (χ1) is 13.7. The minimum absolute atomic E-state index is 0.121. The van der Waals surface area contributed by atoms with Crippen LogP contribution in [-0.4, -0.2) is 61.7 Å². The van der Waals surface area contributed by atoms with Gasteiger partial charge in [0.15, 0.2) is 0 Å². The molecule has 1 atom stereocenters. The fraction of sp³-hybridized carbons (Fsp3) is 0.500. The van der Waals surface area contributed by atoms with Crippen LogP contribution in [-0.2, 0) is 9.53 Å². The number of hydrogen-bond acceptors (Lipinski definition) is 6. The second-order valence-corrected chi connectivity index (χ2v) is 8.46. The number of anilines is 1. The highest BCUT2D eigenvalue weighted by atomic mass is 16.5. The van der Waals surface area contributed by atoms with Gasteiger partial charge in [-0.25, -0.2) is 9.97 Å². The molecule has 0 saturated carbocycles. The first-order valence-corrected chi connectivity index (χ1v) is 9.80. The van der Waals surface area contributed by atoms with Crippen LogP contribution in [0, 0.1) is 5.41 Å². The van der Waals surface area contributed by atoms with Crippen LogP contribution in [0.3, 0.4) is 0 Å². The van der Waals surface area contributed by atoms with Gasteiger partial charge in [0.2, 0.25) is 11.9 Å². The number of morpholine rings is 1. The molecule has 7 heteroatoms. The Morgan fingerprint density at radius 3 is 2.72 bits per heavy atom. The van der Waals surface area contributed by atoms with E-state index >= 15 is 0 Å². The summed E-state index contributed by atoms with van der Waals surface area (Å²) in [6.07, 6.45) is 1.50. The first-order valence-electron chi connectivity index (χ1n) is 9.80. The molecule has 1 amide bonds. The van der Waals surface area contributed by atoms with Gasteiger partial charge in [-0.3, -0.25) is 4.79 Å². The van der Waals surface area contributed by atoms with Gasteiger partial charge in [0.25, 0.3) is 0 Å². The number of aromatic nitrogens is 2. The predicted octanol–water partition coefficient (Wildman–Crippen LogP) is 3.16. The number of methoxy groups -OCH3 is 1. The van der Waals surface area contributed by atoms with Crippen LogP contribution < -0.4 is 9.64 Å². The monoisotopic (exact) mass is 398 g/mol. The Morgan fingerprint density at radius 2 is 2.07 bits per heavy atom. The number of ether oxygens (including phenoxy) is 2. The number of carbonyl (C=O) groups is 1. The van der Waals surface area contributed by atoms with Gasteiger partial charge in [-0.05, 0) is 17.7 Å². The summed E-state index contributed by atoms with van der Waals surface area (Å²) in [6.45, 7) is 7.36. The third-order valence-electron chi connectivity index (χ3n) is 4.89. The molecule has 1 fully saturated rings. The Hall–Kier alpha value is -2.67. The number of benzene rings is 1.